The van der Waals surface area contributed by atoms with Crippen LogP contribution in [0.3, 0.4) is 0 Å². The topological polar surface area (TPSA) is 82.5 Å². The summed E-state index contributed by atoms with van der Waals surface area (Å²) in [5.74, 6) is -1.12. The molecule has 2 aromatic rings. The van der Waals surface area contributed by atoms with Crippen LogP contribution in [0, 0.1) is 0 Å². The van der Waals surface area contributed by atoms with Gasteiger partial charge in [0.05, 0.1) is 11.2 Å². The van der Waals surface area contributed by atoms with Gasteiger partial charge in [-0.25, -0.2) is 14.6 Å². The molecular weight excluding hydrogens is 302 g/mol. The largest absolute Gasteiger partial charge is 0.479 e. The Morgan fingerprint density at radius 1 is 1.36 bits per heavy atom. The molecule has 1 aliphatic heterocycles. The van der Waals surface area contributed by atoms with E-state index in [0.29, 0.717) is 12.2 Å². The van der Waals surface area contributed by atoms with E-state index in [9.17, 15) is 14.7 Å². The zero-order chi connectivity index (χ0) is 15.5. The van der Waals surface area contributed by atoms with E-state index in [1.165, 1.54) is 11.3 Å². The van der Waals surface area contributed by atoms with Gasteiger partial charge in [-0.05, 0) is 24.5 Å². The van der Waals surface area contributed by atoms with Crippen molar-refractivity contribution in [3.63, 3.8) is 0 Å². The lowest BCUT2D eigenvalue weighted by molar-refractivity contribution is -0.139. The maximum Gasteiger partial charge on any atom is 0.332 e. The van der Waals surface area contributed by atoms with E-state index in [0.717, 1.165) is 24.1 Å². The molecule has 114 valence electrons. The highest BCUT2D eigenvalue weighted by Crippen LogP contribution is 2.27. The van der Waals surface area contributed by atoms with Gasteiger partial charge in [-0.3, -0.25) is 4.90 Å². The number of fused-ring (bicyclic) bond motifs is 1. The van der Waals surface area contributed by atoms with Crippen LogP contribution in [0.4, 0.5) is 10.5 Å². The Morgan fingerprint density at radius 3 is 2.91 bits per heavy atom. The molecule has 0 saturated carbocycles. The number of urea groups is 1. The Labute approximate surface area is 131 Å². The lowest BCUT2D eigenvalue weighted by Crippen LogP contribution is -2.46. The molecule has 7 heteroatoms. The third kappa shape index (κ3) is 2.80. The van der Waals surface area contributed by atoms with Gasteiger partial charge in [0.15, 0.2) is 6.04 Å². The molecule has 1 aromatic carbocycles. The summed E-state index contributed by atoms with van der Waals surface area (Å²) in [6.07, 6.45) is 1.78. The molecule has 0 aliphatic carbocycles. The number of carbonyl (C=O) groups is 2. The van der Waals surface area contributed by atoms with Crippen molar-refractivity contribution in [3.8, 4) is 0 Å². The van der Waals surface area contributed by atoms with E-state index in [1.807, 2.05) is 24.3 Å². The summed E-state index contributed by atoms with van der Waals surface area (Å²) in [6, 6.07) is 6.14. The number of hydrogen-bond donors (Lipinski definition) is 2. The summed E-state index contributed by atoms with van der Waals surface area (Å²) < 4.78 is 0. The molecule has 0 radical (unpaired) electrons. The standard InChI is InChI=1S/C15H15N3O3S/c19-14(20)13(11-8-22-9-16-11)17-15(21)18-7-3-5-10-4-1-2-6-12(10)18/h1-2,4,6,8-9,13H,3,5,7H2,(H,17,21)(H,19,20). The fraction of sp³-hybridized carbons (Fsp3) is 0.267. The number of aryl methyl sites for hydroxylation is 1. The number of thiazole rings is 1. The van der Waals surface area contributed by atoms with Crippen LogP contribution < -0.4 is 10.2 Å². The molecule has 1 aliphatic rings. The van der Waals surface area contributed by atoms with E-state index in [4.69, 9.17) is 0 Å². The minimum atomic E-state index is -1.13. The molecule has 6 nitrogen and oxygen atoms in total. The van der Waals surface area contributed by atoms with Crippen LogP contribution in [0.15, 0.2) is 35.2 Å². The number of rotatable bonds is 3. The number of nitrogens with one attached hydrogen (secondary N) is 1. The number of nitrogens with zero attached hydrogens (tertiary/aromatic N) is 2. The van der Waals surface area contributed by atoms with Gasteiger partial charge < -0.3 is 10.4 Å². The maximum absolute atomic E-state index is 12.5. The van der Waals surface area contributed by atoms with E-state index < -0.39 is 18.0 Å². The van der Waals surface area contributed by atoms with Crippen molar-refractivity contribution in [1.29, 1.82) is 0 Å². The first-order valence-electron chi connectivity index (χ1n) is 6.93. The van der Waals surface area contributed by atoms with E-state index >= 15 is 0 Å². The summed E-state index contributed by atoms with van der Waals surface area (Å²) in [6.45, 7) is 0.576. The predicted molar refractivity (Wildman–Crippen MR) is 83.1 cm³/mol. The molecule has 2 heterocycles. The van der Waals surface area contributed by atoms with Crippen molar-refractivity contribution >= 4 is 29.0 Å². The maximum atomic E-state index is 12.5. The zero-order valence-electron chi connectivity index (χ0n) is 11.7. The SMILES string of the molecule is O=C(O)C(NC(=O)N1CCCc2ccccc21)c1cscn1. The lowest BCUT2D eigenvalue weighted by atomic mass is 10.0. The van der Waals surface area contributed by atoms with Gasteiger partial charge in [-0.1, -0.05) is 18.2 Å². The van der Waals surface area contributed by atoms with E-state index in [2.05, 4.69) is 10.3 Å². The number of carboxylic acids is 1. The number of aliphatic carboxylic acids is 1. The van der Waals surface area contributed by atoms with Crippen LogP contribution in [-0.2, 0) is 11.2 Å². The molecule has 2 N–H and O–H groups in total. The Hall–Kier alpha value is -2.41. The highest BCUT2D eigenvalue weighted by atomic mass is 32.1. The molecule has 1 unspecified atom stereocenters. The van der Waals surface area contributed by atoms with Crippen molar-refractivity contribution in [2.24, 2.45) is 0 Å². The number of amides is 2. The predicted octanol–water partition coefficient (Wildman–Crippen LogP) is 2.43. The minimum Gasteiger partial charge on any atom is -0.479 e. The number of para-hydroxylation sites is 1. The monoisotopic (exact) mass is 317 g/mol. The summed E-state index contributed by atoms with van der Waals surface area (Å²) >= 11 is 1.30. The van der Waals surface area contributed by atoms with Crippen LogP contribution in [0.2, 0.25) is 0 Å². The molecule has 2 amide bonds. The van der Waals surface area contributed by atoms with E-state index in [1.54, 1.807) is 15.8 Å². The van der Waals surface area contributed by atoms with Crippen LogP contribution in [0.1, 0.15) is 23.7 Å². The highest BCUT2D eigenvalue weighted by molar-refractivity contribution is 7.07. The Morgan fingerprint density at radius 2 is 2.18 bits per heavy atom. The van der Waals surface area contributed by atoms with Gasteiger partial charge >= 0.3 is 12.0 Å². The third-order valence-corrected chi connectivity index (χ3v) is 4.22. The minimum absolute atomic E-state index is 0.344. The first-order chi connectivity index (χ1) is 10.7. The molecule has 22 heavy (non-hydrogen) atoms. The zero-order valence-corrected chi connectivity index (χ0v) is 12.5. The van der Waals surface area contributed by atoms with Gasteiger partial charge in [-0.15, -0.1) is 11.3 Å². The smallest absolute Gasteiger partial charge is 0.332 e. The van der Waals surface area contributed by atoms with Crippen molar-refractivity contribution in [2.75, 3.05) is 11.4 Å². The Balaban J connectivity index is 1.81. The highest BCUT2D eigenvalue weighted by Gasteiger charge is 2.28. The van der Waals surface area contributed by atoms with Crippen molar-refractivity contribution in [1.82, 2.24) is 10.3 Å². The normalized spacial score (nSPS) is 15.0. The molecule has 0 fully saturated rings. The van der Waals surface area contributed by atoms with Crippen molar-refractivity contribution < 1.29 is 14.7 Å². The number of aromatic nitrogens is 1. The van der Waals surface area contributed by atoms with Gasteiger partial charge in [0, 0.05) is 17.6 Å². The first-order valence-corrected chi connectivity index (χ1v) is 7.88. The lowest BCUT2D eigenvalue weighted by Gasteiger charge is -2.30. The fourth-order valence-electron chi connectivity index (χ4n) is 2.57. The molecule has 1 aromatic heterocycles. The summed E-state index contributed by atoms with van der Waals surface area (Å²) in [4.78, 5) is 29.5. The molecular formula is C15H15N3O3S. The second kappa shape index (κ2) is 6.15. The Bertz CT molecular complexity index is 687. The van der Waals surface area contributed by atoms with Crippen molar-refractivity contribution in [2.45, 2.75) is 18.9 Å². The molecule has 0 bridgehead atoms. The van der Waals surface area contributed by atoms with Crippen LogP contribution in [-0.4, -0.2) is 28.6 Å². The van der Waals surface area contributed by atoms with Crippen molar-refractivity contribution in [3.05, 3.63) is 46.4 Å². The second-order valence-corrected chi connectivity index (χ2v) is 5.74. The first kappa shape index (κ1) is 14.5. The molecule has 0 spiro atoms. The van der Waals surface area contributed by atoms with Gasteiger partial charge in [-0.2, -0.15) is 0 Å². The molecule has 0 saturated heterocycles. The number of carboxylic acid groups (broad SMARTS) is 1. The second-order valence-electron chi connectivity index (χ2n) is 5.02. The van der Waals surface area contributed by atoms with Crippen LogP contribution in [0.5, 0.6) is 0 Å². The van der Waals surface area contributed by atoms with E-state index in [-0.39, 0.29) is 0 Å². The number of benzene rings is 1. The number of hydrogen-bond acceptors (Lipinski definition) is 4. The van der Waals surface area contributed by atoms with Gasteiger partial charge in [0.1, 0.15) is 0 Å². The quantitative estimate of drug-likeness (QED) is 0.911. The summed E-state index contributed by atoms with van der Waals surface area (Å²) in [5.41, 5.74) is 3.84. The molecule has 3 rings (SSSR count). The number of anilines is 1. The Kier molecular flexibility index (Phi) is 4.06. The summed E-state index contributed by atoms with van der Waals surface area (Å²) in [7, 11) is 0. The van der Waals surface area contributed by atoms with Crippen LogP contribution in [0.25, 0.3) is 0 Å². The third-order valence-electron chi connectivity index (χ3n) is 3.62. The fourth-order valence-corrected chi connectivity index (χ4v) is 3.15. The van der Waals surface area contributed by atoms with Gasteiger partial charge in [0.2, 0.25) is 0 Å². The number of carbonyl (C=O) groups excluding carboxylic acids is 1. The van der Waals surface area contributed by atoms with Crippen LogP contribution >= 0.6 is 11.3 Å². The molecule has 1 atom stereocenters. The van der Waals surface area contributed by atoms with Gasteiger partial charge in [0.25, 0.3) is 0 Å². The summed E-state index contributed by atoms with van der Waals surface area (Å²) in [5, 5.41) is 13.5. The average Bonchev–Trinajstić information content (AvgIpc) is 3.05. The average molecular weight is 317 g/mol.